The number of nitrogens with one attached hydrogen (secondary N) is 1. The number of alkyl halides is 3. The molecule has 4 bridgehead atoms. The quantitative estimate of drug-likeness (QED) is 0.0808. The van der Waals surface area contributed by atoms with Crippen LogP contribution in [-0.4, -0.2) is 62.9 Å². The van der Waals surface area contributed by atoms with E-state index in [0.29, 0.717) is 29.1 Å². The Morgan fingerprint density at radius 3 is 2.00 bits per heavy atom. The number of carbonyl (C=O) groups is 2. The highest BCUT2D eigenvalue weighted by Gasteiger charge is 2.66. The summed E-state index contributed by atoms with van der Waals surface area (Å²) in [5.41, 5.74) is 8.85. The van der Waals surface area contributed by atoms with Crippen molar-refractivity contribution in [3.63, 3.8) is 0 Å². The zero-order chi connectivity index (χ0) is 46.9. The molecule has 7 fully saturated rings. The van der Waals surface area contributed by atoms with E-state index in [9.17, 15) is 27.9 Å². The van der Waals surface area contributed by atoms with Crippen molar-refractivity contribution < 1.29 is 38.7 Å². The van der Waals surface area contributed by atoms with Crippen molar-refractivity contribution in [1.29, 1.82) is 1.34 Å². The molecular formula is C48H81BF3N2O5. The lowest BCUT2D eigenvalue weighted by molar-refractivity contribution is -0.227. The molecule has 0 aromatic heterocycles. The van der Waals surface area contributed by atoms with E-state index < -0.39 is 36.4 Å². The number of fused-ring (bicyclic) bond motifs is 5. The zero-order valence-electron chi connectivity index (χ0n) is 40.4. The Morgan fingerprint density at radius 2 is 1.58 bits per heavy atom. The van der Waals surface area contributed by atoms with Crippen molar-refractivity contribution in [2.75, 3.05) is 6.61 Å². The van der Waals surface area contributed by atoms with Gasteiger partial charge < -0.3 is 25.6 Å². The molecule has 0 aliphatic heterocycles. The third kappa shape index (κ3) is 15.4. The van der Waals surface area contributed by atoms with Crippen LogP contribution in [0.4, 0.5) is 18.0 Å². The van der Waals surface area contributed by atoms with E-state index in [1.54, 1.807) is 20.8 Å². The Hall–Kier alpha value is -2.53. The minimum Gasteiger partial charge on any atom is -0.453 e. The van der Waals surface area contributed by atoms with E-state index in [0.717, 1.165) is 79.1 Å². The minimum atomic E-state index is -4.46. The molecular weight excluding hydrogens is 752 g/mol. The van der Waals surface area contributed by atoms with Gasteiger partial charge in [-0.2, -0.15) is 13.2 Å². The summed E-state index contributed by atoms with van der Waals surface area (Å²) in [4.78, 5) is 21.5. The van der Waals surface area contributed by atoms with E-state index in [1.165, 1.54) is 31.3 Å². The third-order valence-corrected chi connectivity index (χ3v) is 14.5. The van der Waals surface area contributed by atoms with Gasteiger partial charge in [-0.3, -0.25) is 0 Å². The lowest BCUT2D eigenvalue weighted by Gasteiger charge is -2.72. The van der Waals surface area contributed by atoms with Crippen molar-refractivity contribution in [1.82, 2.24) is 5.32 Å². The molecule has 7 saturated carbocycles. The molecule has 8 rings (SSSR count). The molecule has 1 radical (unpaired) electrons. The first-order chi connectivity index (χ1) is 27.9. The Labute approximate surface area is 360 Å². The summed E-state index contributed by atoms with van der Waals surface area (Å²) >= 11 is 0. The second kappa shape index (κ2) is 22.0. The second-order valence-electron chi connectivity index (χ2n) is 20.3. The van der Waals surface area contributed by atoms with Crippen molar-refractivity contribution in [3.8, 4) is 0 Å². The van der Waals surface area contributed by atoms with Gasteiger partial charge in [-0.25, -0.2) is 9.59 Å². The average molecular weight is 836 g/mol. The van der Waals surface area contributed by atoms with Crippen LogP contribution < -0.4 is 11.1 Å². The number of nitrogens with two attached hydrogens (primary N) is 1. The van der Waals surface area contributed by atoms with E-state index in [4.69, 9.17) is 13.2 Å². The molecule has 8 aliphatic rings. The van der Waals surface area contributed by atoms with E-state index in [-0.39, 0.29) is 18.2 Å². The molecule has 7 nitrogen and oxygen atoms in total. The van der Waals surface area contributed by atoms with Gasteiger partial charge in [0.15, 0.2) is 6.61 Å². The van der Waals surface area contributed by atoms with Gasteiger partial charge in [0.25, 0.3) is 0 Å². The molecule has 13 atom stereocenters. The monoisotopic (exact) mass is 836 g/mol. The number of hydrogen-bond donors (Lipinski definition) is 3. The maximum absolute atomic E-state index is 11.5. The van der Waals surface area contributed by atoms with Crippen LogP contribution >= 0.6 is 0 Å². The minimum absolute atomic E-state index is 0.105. The van der Waals surface area contributed by atoms with Crippen LogP contribution in [0.5, 0.6) is 0 Å². The number of allylic oxidation sites excluding steroid dienone is 3. The predicted molar refractivity (Wildman–Crippen MR) is 237 cm³/mol. The summed E-state index contributed by atoms with van der Waals surface area (Å²) < 4.78 is 57.9. The summed E-state index contributed by atoms with van der Waals surface area (Å²) in [6.07, 6.45) is 10.2. The second-order valence-corrected chi connectivity index (χ2v) is 20.3. The fourth-order valence-corrected chi connectivity index (χ4v) is 10.4. The number of aliphatic hydroxyl groups excluding tert-OH is 1. The van der Waals surface area contributed by atoms with E-state index >= 15 is 0 Å². The highest BCUT2D eigenvalue weighted by molar-refractivity contribution is 6.12. The molecule has 11 heteroatoms. The largest absolute Gasteiger partial charge is 0.453 e. The van der Waals surface area contributed by atoms with Gasteiger partial charge in [-0.15, -0.1) is 0 Å². The Kier molecular flexibility index (Phi) is 18.3. The number of halogens is 3. The van der Waals surface area contributed by atoms with Gasteiger partial charge in [0.2, 0.25) is 0 Å². The summed E-state index contributed by atoms with van der Waals surface area (Å²) in [5, 5.41) is 12.2. The van der Waals surface area contributed by atoms with Crippen LogP contribution in [0.15, 0.2) is 49.1 Å². The number of alkyl carbamates (subject to hydrolysis) is 1. The molecule has 337 valence electrons. The number of ether oxygens (including phenoxy) is 2. The first kappa shape index (κ1) is 49.1. The number of aliphatic hydroxyl groups is 1. The molecule has 0 heterocycles. The normalized spacial score (nSPS) is 37.9. The molecule has 59 heavy (non-hydrogen) atoms. The smallest absolute Gasteiger partial charge is 0.422 e. The van der Waals surface area contributed by atoms with Crippen LogP contribution in [0.25, 0.3) is 0 Å². The molecule has 1 amide bonds. The van der Waals surface area contributed by atoms with Gasteiger partial charge in [0.1, 0.15) is 5.60 Å². The average Bonchev–Trinajstić information content (AvgIpc) is 3.15. The molecule has 0 aromatic carbocycles. The molecule has 0 saturated heterocycles. The topological polar surface area (TPSA) is 111 Å². The highest BCUT2D eigenvalue weighted by Crippen LogP contribution is 2.74. The molecule has 2 unspecified atom stereocenters. The highest BCUT2D eigenvalue weighted by atomic mass is 19.4. The summed E-state index contributed by atoms with van der Waals surface area (Å²) in [6, 6.07) is 0.344. The molecule has 0 aromatic rings. The van der Waals surface area contributed by atoms with Gasteiger partial charge in [0.05, 0.1) is 13.9 Å². The lowest BCUT2D eigenvalue weighted by atomic mass is 9.32. The molecule has 8 aliphatic carbocycles. The van der Waals surface area contributed by atoms with E-state index in [1.807, 2.05) is 27.7 Å². The van der Waals surface area contributed by atoms with Crippen LogP contribution in [0.1, 0.15) is 142 Å². The predicted octanol–water partition coefficient (Wildman–Crippen LogP) is 11.2. The Balaban J connectivity index is 0.000000283. The van der Waals surface area contributed by atoms with Crippen molar-refractivity contribution >= 4 is 19.9 Å². The summed E-state index contributed by atoms with van der Waals surface area (Å²) in [5.74, 6) is 5.27. The fraction of sp³-hybridized carbons (Fsp3) is 0.792. The number of amides is 1. The number of rotatable bonds is 6. The van der Waals surface area contributed by atoms with Crippen LogP contribution in [0.2, 0.25) is 5.82 Å². The van der Waals surface area contributed by atoms with E-state index in [2.05, 4.69) is 77.4 Å². The van der Waals surface area contributed by atoms with Crippen molar-refractivity contribution in [3.05, 3.63) is 49.1 Å². The van der Waals surface area contributed by atoms with Gasteiger partial charge in [-0.1, -0.05) is 96.8 Å². The summed E-state index contributed by atoms with van der Waals surface area (Å²) in [6.45, 7) is 32.5. The number of carbonyl (C=O) groups excluding carboxylic acids is 2. The maximum atomic E-state index is 11.5. The molecule has 4 N–H and O–H groups in total. The SMILES string of the molecule is C=CC(=C)C.C=CC(=O)OCC(F)(F)F.CC1=CC[C@H](NC(=O)OC(C)(C)C)CC1.[2H][B][C@H]1C[C@H]2C[C@@H]([C@@H]1C)C2(C)C1C[C@H]2C[C@@H]([C@@H]1C)C2(C)C.[2H][C@]1(C)CC[C@@H](N)C[C@H]1O. The Morgan fingerprint density at radius 1 is 1.00 bits per heavy atom. The maximum Gasteiger partial charge on any atom is 0.422 e. The van der Waals surface area contributed by atoms with Crippen LogP contribution in [-0.2, 0) is 14.3 Å². The van der Waals surface area contributed by atoms with Crippen LogP contribution in [0, 0.1) is 58.1 Å². The summed E-state index contributed by atoms with van der Waals surface area (Å²) in [7, 11) is 1.76. The first-order valence-electron chi connectivity index (χ1n) is 22.9. The van der Waals surface area contributed by atoms with Crippen molar-refractivity contribution in [2.45, 2.75) is 176 Å². The van der Waals surface area contributed by atoms with Gasteiger partial charge >= 0.3 is 18.2 Å². The lowest BCUT2D eigenvalue weighted by Crippen LogP contribution is -2.65. The van der Waals surface area contributed by atoms with Crippen LogP contribution in [0.3, 0.4) is 0 Å². The number of esters is 1. The molecule has 0 spiro atoms. The third-order valence-electron chi connectivity index (χ3n) is 14.5. The Bertz CT molecular complexity index is 1520. The zero-order valence-corrected chi connectivity index (χ0v) is 38.4. The number of hydrogen-bond acceptors (Lipinski definition) is 6. The van der Waals surface area contributed by atoms with Gasteiger partial charge in [0, 0.05) is 19.5 Å². The first-order valence-corrected chi connectivity index (χ1v) is 21.9. The fourth-order valence-electron chi connectivity index (χ4n) is 10.4. The van der Waals surface area contributed by atoms with Crippen molar-refractivity contribution in [2.24, 2.45) is 63.9 Å². The standard InChI is InChI=1S/C19H32B.C12H21NO2.C7H15NO.C5H5F3O2.C5H8/c1-10-14-6-12(18(14,3)4)7-15(10)19(5)13-8-16(19)11(2)17(20)9-13;1-9-5-7-10(8-6-9)13-11(14)15-12(2,3)4;1-5-2-3-6(8)4-7(5)9;1-2-4(9)10-3-5(6,7)8;1-4-5(2)3/h10-17,20H,6-9H2,1-5H3;5,10H,6-8H2,1-4H3,(H,13,14);5-7,9H,2-4,8H2,1H3;2H,1,3H2;4H,1-2H2,3H3/t10-,11-,12+,13+,14-,15?,16-,17-,19?;10-;5-,6+,7+;;/m000../s1/i20D;;5D;;. The van der Waals surface area contributed by atoms with Gasteiger partial charge in [-0.05, 0) is 152 Å².